The van der Waals surface area contributed by atoms with Gasteiger partial charge in [-0.25, -0.2) is 8.78 Å². The van der Waals surface area contributed by atoms with Crippen LogP contribution in [0.4, 0.5) is 20.2 Å². The first-order valence-electron chi connectivity index (χ1n) is 12.1. The van der Waals surface area contributed by atoms with E-state index in [1.54, 1.807) is 35.2 Å². The van der Waals surface area contributed by atoms with Gasteiger partial charge in [0, 0.05) is 75.3 Å². The van der Waals surface area contributed by atoms with Gasteiger partial charge in [-0.2, -0.15) is 5.26 Å². The van der Waals surface area contributed by atoms with Crippen LogP contribution >= 0.6 is 0 Å². The van der Waals surface area contributed by atoms with Crippen LogP contribution < -0.4 is 10.2 Å². The van der Waals surface area contributed by atoms with Gasteiger partial charge in [-0.1, -0.05) is 0 Å². The molecule has 2 saturated heterocycles. The molecule has 1 aromatic heterocycles. The maximum absolute atomic E-state index is 13.6. The Morgan fingerprint density at radius 1 is 1.00 bits per heavy atom. The number of hydrogen-bond donors (Lipinski definition) is 1. The van der Waals surface area contributed by atoms with E-state index in [2.05, 4.69) is 21.2 Å². The first-order chi connectivity index (χ1) is 17.5. The maximum atomic E-state index is 13.6. The number of aromatic nitrogens is 1. The van der Waals surface area contributed by atoms with E-state index in [0.29, 0.717) is 28.5 Å². The van der Waals surface area contributed by atoms with Gasteiger partial charge in [0.15, 0.2) is 11.6 Å². The molecular weight excluding hydrogens is 464 g/mol. The van der Waals surface area contributed by atoms with Gasteiger partial charge in [0.2, 0.25) is 0 Å². The minimum Gasteiger partial charge on any atom is -0.381 e. The molecule has 1 amide bonds. The van der Waals surface area contributed by atoms with E-state index in [1.807, 2.05) is 6.07 Å². The predicted octanol–water partition coefficient (Wildman–Crippen LogP) is 4.18. The van der Waals surface area contributed by atoms with Crippen LogP contribution in [0.3, 0.4) is 0 Å². The van der Waals surface area contributed by atoms with E-state index in [-0.39, 0.29) is 5.91 Å². The average molecular weight is 492 g/mol. The number of amides is 1. The zero-order chi connectivity index (χ0) is 25.1. The Balaban J connectivity index is 1.24. The summed E-state index contributed by atoms with van der Waals surface area (Å²) in [5, 5.41) is 12.6. The Morgan fingerprint density at radius 2 is 1.78 bits per heavy atom. The van der Waals surface area contributed by atoms with Gasteiger partial charge in [-0.15, -0.1) is 0 Å². The lowest BCUT2D eigenvalue weighted by Gasteiger charge is -2.41. The van der Waals surface area contributed by atoms with Crippen molar-refractivity contribution in [3.05, 3.63) is 77.6 Å². The lowest BCUT2D eigenvalue weighted by atomic mass is 10.1. The number of rotatable bonds is 5. The predicted molar refractivity (Wildman–Crippen MR) is 132 cm³/mol. The number of carbonyl (C=O) groups is 1. The standard InChI is InChI=1S/C27H27F2N5O2/c28-24-3-2-23(16-25(24)29)34-8-5-19(18-34)27(35)31-21-1-4-26(20(15-21)17-30)33-11-9-32(10-12-33)22-6-13-36-14-7-22/h1-5,8,15-16,18,22H,6-7,9-14H2,(H,31,35). The number of halogens is 2. The number of anilines is 2. The highest BCUT2D eigenvalue weighted by molar-refractivity contribution is 6.04. The molecule has 2 aromatic carbocycles. The van der Waals surface area contributed by atoms with E-state index < -0.39 is 11.6 Å². The van der Waals surface area contributed by atoms with Crippen molar-refractivity contribution in [3.63, 3.8) is 0 Å². The van der Waals surface area contributed by atoms with Crippen LogP contribution in [0.15, 0.2) is 54.9 Å². The molecule has 2 aliphatic rings. The minimum atomic E-state index is -0.957. The largest absolute Gasteiger partial charge is 0.381 e. The summed E-state index contributed by atoms with van der Waals surface area (Å²) in [6, 6.07) is 13.3. The Bertz CT molecular complexity index is 1290. The Kier molecular flexibility index (Phi) is 6.98. The lowest BCUT2D eigenvalue weighted by molar-refractivity contribution is 0.0321. The van der Waals surface area contributed by atoms with Gasteiger partial charge >= 0.3 is 0 Å². The molecule has 0 aliphatic carbocycles. The van der Waals surface area contributed by atoms with Crippen LogP contribution in [0.5, 0.6) is 0 Å². The van der Waals surface area contributed by atoms with Gasteiger partial charge in [-0.3, -0.25) is 9.69 Å². The lowest BCUT2D eigenvalue weighted by Crippen LogP contribution is -2.51. The summed E-state index contributed by atoms with van der Waals surface area (Å²) in [6.07, 6.45) is 5.29. The molecule has 0 spiro atoms. The SMILES string of the molecule is N#Cc1cc(NC(=O)c2ccn(-c3ccc(F)c(F)c3)c2)ccc1N1CCN(C2CCOCC2)CC1. The molecule has 0 atom stereocenters. The van der Waals surface area contributed by atoms with Crippen molar-refractivity contribution >= 4 is 17.3 Å². The highest BCUT2D eigenvalue weighted by atomic mass is 19.2. The van der Waals surface area contributed by atoms with E-state index in [1.165, 1.54) is 6.07 Å². The van der Waals surface area contributed by atoms with Crippen molar-refractivity contribution in [2.24, 2.45) is 0 Å². The highest BCUT2D eigenvalue weighted by Crippen LogP contribution is 2.27. The van der Waals surface area contributed by atoms with Crippen molar-refractivity contribution in [3.8, 4) is 11.8 Å². The number of nitrogens with one attached hydrogen (secondary N) is 1. The quantitative estimate of drug-likeness (QED) is 0.580. The summed E-state index contributed by atoms with van der Waals surface area (Å²) in [7, 11) is 0. The number of benzene rings is 2. The van der Waals surface area contributed by atoms with Crippen molar-refractivity contribution in [2.75, 3.05) is 49.6 Å². The normalized spacial score (nSPS) is 17.1. The molecule has 2 fully saturated rings. The zero-order valence-electron chi connectivity index (χ0n) is 19.8. The fourth-order valence-electron chi connectivity index (χ4n) is 4.90. The summed E-state index contributed by atoms with van der Waals surface area (Å²) in [4.78, 5) is 17.5. The van der Waals surface area contributed by atoms with Gasteiger partial charge in [0.05, 0.1) is 16.8 Å². The van der Waals surface area contributed by atoms with Crippen LogP contribution in [0.1, 0.15) is 28.8 Å². The average Bonchev–Trinajstić information content (AvgIpc) is 3.41. The van der Waals surface area contributed by atoms with Crippen molar-refractivity contribution in [2.45, 2.75) is 18.9 Å². The molecule has 0 bridgehead atoms. The Labute approximate surface area is 208 Å². The Morgan fingerprint density at radius 3 is 2.50 bits per heavy atom. The smallest absolute Gasteiger partial charge is 0.257 e. The number of piperazine rings is 1. The third kappa shape index (κ3) is 5.10. The maximum Gasteiger partial charge on any atom is 0.257 e. The van der Waals surface area contributed by atoms with Gasteiger partial charge in [-0.05, 0) is 49.2 Å². The summed E-state index contributed by atoms with van der Waals surface area (Å²) < 4.78 is 33.8. The molecule has 1 N–H and O–H groups in total. The topological polar surface area (TPSA) is 73.5 Å². The van der Waals surface area contributed by atoms with Crippen molar-refractivity contribution in [1.29, 1.82) is 5.26 Å². The van der Waals surface area contributed by atoms with Crippen LogP contribution in [0.2, 0.25) is 0 Å². The molecular formula is C27H27F2N5O2. The summed E-state index contributed by atoms with van der Waals surface area (Å²) in [5.74, 6) is -2.25. The highest BCUT2D eigenvalue weighted by Gasteiger charge is 2.26. The molecule has 0 radical (unpaired) electrons. The molecule has 186 valence electrons. The molecule has 5 rings (SSSR count). The van der Waals surface area contributed by atoms with E-state index in [9.17, 15) is 18.8 Å². The van der Waals surface area contributed by atoms with Crippen LogP contribution in [-0.4, -0.2) is 60.8 Å². The minimum absolute atomic E-state index is 0.353. The second-order valence-electron chi connectivity index (χ2n) is 9.07. The molecule has 3 heterocycles. The molecule has 0 saturated carbocycles. The second kappa shape index (κ2) is 10.5. The molecule has 7 nitrogen and oxygen atoms in total. The van der Waals surface area contributed by atoms with E-state index >= 15 is 0 Å². The first kappa shape index (κ1) is 24.0. The second-order valence-corrected chi connectivity index (χ2v) is 9.07. The third-order valence-corrected chi connectivity index (χ3v) is 6.89. The first-order valence-corrected chi connectivity index (χ1v) is 12.1. The van der Waals surface area contributed by atoms with Crippen molar-refractivity contribution < 1.29 is 18.3 Å². The fourth-order valence-corrected chi connectivity index (χ4v) is 4.90. The van der Waals surface area contributed by atoms with E-state index in [4.69, 9.17) is 4.74 Å². The van der Waals surface area contributed by atoms with Gasteiger partial charge in [0.1, 0.15) is 6.07 Å². The van der Waals surface area contributed by atoms with Crippen LogP contribution in [0.25, 0.3) is 5.69 Å². The molecule has 3 aromatic rings. The Hall–Kier alpha value is -3.74. The molecule has 9 heteroatoms. The van der Waals surface area contributed by atoms with Gasteiger partial charge < -0.3 is 19.5 Å². The number of nitriles is 1. The molecule has 0 unspecified atom stereocenters. The summed E-state index contributed by atoms with van der Waals surface area (Å²) >= 11 is 0. The van der Waals surface area contributed by atoms with Crippen LogP contribution in [0, 0.1) is 23.0 Å². The number of carbonyl (C=O) groups excluding carboxylic acids is 1. The van der Waals surface area contributed by atoms with Gasteiger partial charge in [0.25, 0.3) is 5.91 Å². The van der Waals surface area contributed by atoms with Crippen LogP contribution in [-0.2, 0) is 4.74 Å². The number of hydrogen-bond acceptors (Lipinski definition) is 5. The summed E-state index contributed by atoms with van der Waals surface area (Å²) in [6.45, 7) is 5.23. The molecule has 2 aliphatic heterocycles. The van der Waals surface area contributed by atoms with Crippen molar-refractivity contribution in [1.82, 2.24) is 9.47 Å². The number of ether oxygens (including phenoxy) is 1. The monoisotopic (exact) mass is 491 g/mol. The zero-order valence-corrected chi connectivity index (χ0v) is 19.8. The summed E-state index contributed by atoms with van der Waals surface area (Å²) in [5.41, 5.74) is 2.65. The third-order valence-electron chi connectivity index (χ3n) is 6.89. The fraction of sp³-hybridized carbons (Fsp3) is 0.333. The number of nitrogens with zero attached hydrogens (tertiary/aromatic N) is 4. The van der Waals surface area contributed by atoms with E-state index in [0.717, 1.165) is 70.1 Å². The molecule has 36 heavy (non-hydrogen) atoms.